The number of hydrogen-bond donors (Lipinski definition) is 0. The molecule has 0 fully saturated rings. The normalized spacial score (nSPS) is 11.3. The zero-order chi connectivity index (χ0) is 14.9. The molecule has 0 aliphatic heterocycles. The second-order valence-corrected chi connectivity index (χ2v) is 7.61. The molecule has 0 amide bonds. The van der Waals surface area contributed by atoms with E-state index in [1.165, 1.54) is 22.0 Å². The molecule has 0 aliphatic rings. The van der Waals surface area contributed by atoms with Crippen molar-refractivity contribution in [3.63, 3.8) is 0 Å². The van der Waals surface area contributed by atoms with E-state index >= 15 is 0 Å². The minimum Gasteiger partial charge on any atom is -1.00 e. The number of rotatable bonds is 4. The van der Waals surface area contributed by atoms with Crippen LogP contribution in [-0.2, 0) is 13.1 Å². The van der Waals surface area contributed by atoms with E-state index < -0.39 is 0 Å². The van der Waals surface area contributed by atoms with E-state index in [4.69, 9.17) is 0 Å². The first kappa shape index (κ1) is 18.7. The van der Waals surface area contributed by atoms with Gasteiger partial charge in [0, 0.05) is 33.7 Å². The molecule has 0 atom stereocenters. The molecule has 1 aromatic carbocycles. The fourth-order valence-electron chi connectivity index (χ4n) is 2.41. The van der Waals surface area contributed by atoms with Crippen LogP contribution >= 0.6 is 15.9 Å². The van der Waals surface area contributed by atoms with Gasteiger partial charge in [0.1, 0.15) is 6.54 Å². The number of allylic oxidation sites excluding steroid dienone is 2. The van der Waals surface area contributed by atoms with Gasteiger partial charge in [-0.3, -0.25) is 0 Å². The molecule has 2 aromatic rings. The van der Waals surface area contributed by atoms with Gasteiger partial charge in [0.05, 0.1) is 21.1 Å². The molecule has 2 rings (SSSR count). The molecule has 4 heteroatoms. The minimum absolute atomic E-state index is 0. The summed E-state index contributed by atoms with van der Waals surface area (Å²) in [5.41, 5.74) is 4.08. The molecule has 21 heavy (non-hydrogen) atoms. The Morgan fingerprint density at radius 3 is 2.48 bits per heavy atom. The van der Waals surface area contributed by atoms with Gasteiger partial charge < -0.3 is 33.0 Å². The first-order valence-electron chi connectivity index (χ1n) is 6.97. The summed E-state index contributed by atoms with van der Waals surface area (Å²) in [6.07, 6.45) is 4.58. The molecule has 1 aromatic heterocycles. The Balaban J connectivity index is 0.00000220. The standard InChI is InChI=1S/C17H24BrN2.HI/c1-13(2)8-9-19-11-14(12-20(3,4)5)16-7-6-15(18)10-17(16)19;/h6-8,10-11H,9,12H2,1-5H3;1H/q+1;/p-1. The summed E-state index contributed by atoms with van der Waals surface area (Å²) >= 11 is 3.58. The fourth-order valence-corrected chi connectivity index (χ4v) is 2.76. The molecule has 0 radical (unpaired) electrons. The van der Waals surface area contributed by atoms with E-state index in [2.05, 4.69) is 86.0 Å². The second kappa shape index (κ2) is 7.29. The minimum atomic E-state index is 0. The maximum absolute atomic E-state index is 3.58. The van der Waals surface area contributed by atoms with E-state index in [0.717, 1.165) is 22.0 Å². The third-order valence-electron chi connectivity index (χ3n) is 3.27. The topological polar surface area (TPSA) is 4.93 Å². The van der Waals surface area contributed by atoms with Crippen LogP contribution in [0, 0.1) is 0 Å². The molecule has 2 nitrogen and oxygen atoms in total. The van der Waals surface area contributed by atoms with Gasteiger partial charge in [-0.2, -0.15) is 0 Å². The highest BCUT2D eigenvalue weighted by molar-refractivity contribution is 9.10. The number of aromatic nitrogens is 1. The van der Waals surface area contributed by atoms with Crippen molar-refractivity contribution in [3.05, 3.63) is 46.1 Å². The van der Waals surface area contributed by atoms with E-state index in [1.807, 2.05) is 0 Å². The Kier molecular flexibility index (Phi) is 6.50. The van der Waals surface area contributed by atoms with Crippen LogP contribution in [-0.4, -0.2) is 30.2 Å². The van der Waals surface area contributed by atoms with Crippen LogP contribution in [0.4, 0.5) is 0 Å². The van der Waals surface area contributed by atoms with Crippen LogP contribution in [0.15, 0.2) is 40.5 Å². The molecular weight excluding hydrogens is 439 g/mol. The van der Waals surface area contributed by atoms with Crippen molar-refractivity contribution >= 4 is 26.8 Å². The lowest BCUT2D eigenvalue weighted by Crippen LogP contribution is -3.00. The Bertz CT molecular complexity index is 647. The van der Waals surface area contributed by atoms with Crippen molar-refractivity contribution in [1.29, 1.82) is 0 Å². The van der Waals surface area contributed by atoms with Crippen LogP contribution in [0.1, 0.15) is 19.4 Å². The lowest BCUT2D eigenvalue weighted by atomic mass is 10.1. The first-order valence-corrected chi connectivity index (χ1v) is 7.77. The summed E-state index contributed by atoms with van der Waals surface area (Å²) in [6.45, 7) is 6.27. The van der Waals surface area contributed by atoms with Gasteiger partial charge in [-0.05, 0) is 26.0 Å². The van der Waals surface area contributed by atoms with E-state index in [-0.39, 0.29) is 24.0 Å². The van der Waals surface area contributed by atoms with Crippen molar-refractivity contribution in [3.8, 4) is 0 Å². The summed E-state index contributed by atoms with van der Waals surface area (Å²) in [5, 5.41) is 1.36. The number of nitrogens with zero attached hydrogens (tertiary/aromatic N) is 2. The smallest absolute Gasteiger partial charge is 0.106 e. The molecule has 0 bridgehead atoms. The van der Waals surface area contributed by atoms with Crippen molar-refractivity contribution in [2.24, 2.45) is 0 Å². The summed E-state index contributed by atoms with van der Waals surface area (Å²) in [5.74, 6) is 0. The fraction of sp³-hybridized carbons (Fsp3) is 0.412. The number of halogens is 2. The van der Waals surface area contributed by atoms with Crippen LogP contribution < -0.4 is 24.0 Å². The predicted molar refractivity (Wildman–Crippen MR) is 90.8 cm³/mol. The number of hydrogen-bond acceptors (Lipinski definition) is 0. The highest BCUT2D eigenvalue weighted by Gasteiger charge is 2.15. The predicted octanol–water partition coefficient (Wildman–Crippen LogP) is 1.58. The Hall–Kier alpha value is -0.330. The summed E-state index contributed by atoms with van der Waals surface area (Å²) in [4.78, 5) is 0. The Morgan fingerprint density at radius 1 is 1.24 bits per heavy atom. The first-order chi connectivity index (χ1) is 9.26. The third-order valence-corrected chi connectivity index (χ3v) is 3.76. The van der Waals surface area contributed by atoms with Crippen molar-refractivity contribution in [1.82, 2.24) is 4.57 Å². The average Bonchev–Trinajstić information content (AvgIpc) is 2.62. The number of quaternary nitrogens is 1. The maximum Gasteiger partial charge on any atom is 0.106 e. The zero-order valence-electron chi connectivity index (χ0n) is 13.5. The van der Waals surface area contributed by atoms with E-state index in [0.29, 0.717) is 0 Å². The van der Waals surface area contributed by atoms with E-state index in [9.17, 15) is 0 Å². The van der Waals surface area contributed by atoms with E-state index in [1.54, 1.807) is 0 Å². The second-order valence-electron chi connectivity index (χ2n) is 6.70. The monoisotopic (exact) mass is 462 g/mol. The lowest BCUT2D eigenvalue weighted by molar-refractivity contribution is -0.883. The molecule has 0 spiro atoms. The molecule has 0 unspecified atom stereocenters. The molecule has 1 heterocycles. The molecule has 116 valence electrons. The van der Waals surface area contributed by atoms with Crippen LogP contribution in [0.3, 0.4) is 0 Å². The summed E-state index contributed by atoms with van der Waals surface area (Å²) in [6, 6.07) is 6.57. The average molecular weight is 463 g/mol. The van der Waals surface area contributed by atoms with Gasteiger partial charge in [0.2, 0.25) is 0 Å². The molecule has 0 aliphatic carbocycles. The Labute approximate surface area is 153 Å². The summed E-state index contributed by atoms with van der Waals surface area (Å²) in [7, 11) is 6.70. The SMILES string of the molecule is CC(C)=CCn1cc(C[N+](C)(C)C)c2ccc(Br)cc21.[I-]. The number of benzene rings is 1. The van der Waals surface area contributed by atoms with Crippen molar-refractivity contribution < 1.29 is 28.5 Å². The van der Waals surface area contributed by atoms with Crippen LogP contribution in [0.2, 0.25) is 0 Å². The highest BCUT2D eigenvalue weighted by atomic mass is 127. The lowest BCUT2D eigenvalue weighted by Gasteiger charge is -2.23. The van der Waals surface area contributed by atoms with Crippen molar-refractivity contribution in [2.75, 3.05) is 21.1 Å². The third kappa shape index (κ3) is 5.11. The molecular formula is C17H24BrIN2. The quantitative estimate of drug-likeness (QED) is 0.369. The molecule has 0 saturated carbocycles. The van der Waals surface area contributed by atoms with Crippen LogP contribution in [0.25, 0.3) is 10.9 Å². The zero-order valence-corrected chi connectivity index (χ0v) is 17.2. The van der Waals surface area contributed by atoms with Gasteiger partial charge in [-0.25, -0.2) is 0 Å². The largest absolute Gasteiger partial charge is 1.00 e. The van der Waals surface area contributed by atoms with Gasteiger partial charge in [-0.15, -0.1) is 0 Å². The van der Waals surface area contributed by atoms with Gasteiger partial charge in [0.15, 0.2) is 0 Å². The summed E-state index contributed by atoms with van der Waals surface area (Å²) < 4.78 is 4.42. The van der Waals surface area contributed by atoms with Crippen molar-refractivity contribution in [2.45, 2.75) is 26.9 Å². The van der Waals surface area contributed by atoms with Gasteiger partial charge in [0.25, 0.3) is 0 Å². The number of fused-ring (bicyclic) bond motifs is 1. The van der Waals surface area contributed by atoms with Gasteiger partial charge in [-0.1, -0.05) is 33.6 Å². The molecule has 0 saturated heterocycles. The molecule has 0 N–H and O–H groups in total. The highest BCUT2D eigenvalue weighted by Crippen LogP contribution is 2.26. The maximum atomic E-state index is 3.58. The van der Waals surface area contributed by atoms with Gasteiger partial charge >= 0.3 is 0 Å². The Morgan fingerprint density at radius 2 is 1.90 bits per heavy atom. The van der Waals surface area contributed by atoms with Crippen LogP contribution in [0.5, 0.6) is 0 Å².